The summed E-state index contributed by atoms with van der Waals surface area (Å²) in [7, 11) is 0. The minimum Gasteiger partial charge on any atom is -0.488 e. The predicted octanol–water partition coefficient (Wildman–Crippen LogP) is 4.80. The molecule has 0 atom stereocenters. The van der Waals surface area contributed by atoms with Crippen LogP contribution in [0.1, 0.15) is 43.2 Å². The topological polar surface area (TPSA) is 41.6 Å². The van der Waals surface area contributed by atoms with Gasteiger partial charge < -0.3 is 10.1 Å². The number of carbonyl (C=O) groups is 1. The van der Waals surface area contributed by atoms with Crippen LogP contribution >= 0.6 is 12.2 Å². The van der Waals surface area contributed by atoms with Crippen molar-refractivity contribution in [3.05, 3.63) is 71.2 Å². The predicted molar refractivity (Wildman–Crippen MR) is 115 cm³/mol. The third-order valence-electron chi connectivity index (χ3n) is 5.35. The normalized spacial score (nSPS) is 18.9. The second kappa shape index (κ2) is 8.74. The van der Waals surface area contributed by atoms with Gasteiger partial charge in [0, 0.05) is 11.6 Å². The molecule has 0 spiro atoms. The molecule has 2 aromatic carbocycles. The SMILES string of the molecule is O=C1/C(=C/c2ccccc2OCc2cccc(F)c2)NC(=S)N1C1CCCCC1. The summed E-state index contributed by atoms with van der Waals surface area (Å²) in [5.74, 6) is 0.251. The van der Waals surface area contributed by atoms with Crippen molar-refractivity contribution >= 4 is 29.3 Å². The van der Waals surface area contributed by atoms with Crippen LogP contribution in [0.2, 0.25) is 0 Å². The van der Waals surface area contributed by atoms with E-state index < -0.39 is 0 Å². The van der Waals surface area contributed by atoms with Gasteiger partial charge in [0.05, 0.1) is 0 Å². The van der Waals surface area contributed by atoms with Crippen molar-refractivity contribution in [2.45, 2.75) is 44.8 Å². The molecule has 1 aliphatic heterocycles. The first-order valence-electron chi connectivity index (χ1n) is 9.94. The van der Waals surface area contributed by atoms with Crippen molar-refractivity contribution in [1.82, 2.24) is 10.2 Å². The Hall–Kier alpha value is -2.73. The lowest BCUT2D eigenvalue weighted by Crippen LogP contribution is -2.41. The third kappa shape index (κ3) is 4.48. The molecule has 29 heavy (non-hydrogen) atoms. The van der Waals surface area contributed by atoms with Crippen molar-refractivity contribution in [3.8, 4) is 5.75 Å². The molecule has 1 heterocycles. The Bertz CT molecular complexity index is 953. The zero-order chi connectivity index (χ0) is 20.2. The zero-order valence-corrected chi connectivity index (χ0v) is 16.9. The molecule has 2 fully saturated rings. The van der Waals surface area contributed by atoms with Crippen LogP contribution in [0.15, 0.2) is 54.2 Å². The number of benzene rings is 2. The van der Waals surface area contributed by atoms with Gasteiger partial charge in [-0.1, -0.05) is 49.6 Å². The number of carbonyl (C=O) groups excluding carboxylic acids is 1. The van der Waals surface area contributed by atoms with Crippen molar-refractivity contribution in [2.24, 2.45) is 0 Å². The van der Waals surface area contributed by atoms with Crippen molar-refractivity contribution < 1.29 is 13.9 Å². The number of hydrogen-bond acceptors (Lipinski definition) is 3. The molecule has 1 saturated carbocycles. The highest BCUT2D eigenvalue weighted by Gasteiger charge is 2.36. The Balaban J connectivity index is 1.52. The van der Waals surface area contributed by atoms with Gasteiger partial charge in [0.2, 0.25) is 0 Å². The first-order chi connectivity index (χ1) is 14.1. The number of hydrogen-bond donors (Lipinski definition) is 1. The van der Waals surface area contributed by atoms with E-state index in [1.165, 1.54) is 18.6 Å². The molecule has 0 aromatic heterocycles. The van der Waals surface area contributed by atoms with E-state index in [0.29, 0.717) is 16.6 Å². The maximum Gasteiger partial charge on any atom is 0.276 e. The van der Waals surface area contributed by atoms with Crippen LogP contribution in [0.3, 0.4) is 0 Å². The van der Waals surface area contributed by atoms with Gasteiger partial charge >= 0.3 is 0 Å². The molecule has 1 N–H and O–H groups in total. The van der Waals surface area contributed by atoms with Gasteiger partial charge in [0.1, 0.15) is 23.9 Å². The second-order valence-electron chi connectivity index (χ2n) is 7.41. The highest BCUT2D eigenvalue weighted by Crippen LogP contribution is 2.28. The Morgan fingerprint density at radius 3 is 2.72 bits per heavy atom. The van der Waals surface area contributed by atoms with Crippen LogP contribution in [0.25, 0.3) is 6.08 Å². The Kier molecular flexibility index (Phi) is 5.90. The van der Waals surface area contributed by atoms with Crippen LogP contribution in [0.5, 0.6) is 5.75 Å². The van der Waals surface area contributed by atoms with Crippen molar-refractivity contribution in [2.75, 3.05) is 0 Å². The number of ether oxygens (including phenoxy) is 1. The summed E-state index contributed by atoms with van der Waals surface area (Å²) in [6.07, 6.45) is 7.25. The van der Waals surface area contributed by atoms with Crippen LogP contribution in [0.4, 0.5) is 4.39 Å². The lowest BCUT2D eigenvalue weighted by atomic mass is 9.94. The van der Waals surface area contributed by atoms with E-state index in [-0.39, 0.29) is 24.4 Å². The standard InChI is InChI=1S/C23H23FN2O2S/c24-18-9-6-7-16(13-18)15-28-21-12-5-4-8-17(21)14-20-22(27)26(23(29)25-20)19-10-2-1-3-11-19/h4-9,12-14,19H,1-3,10-11,15H2,(H,25,29)/b20-14-. The number of nitrogens with zero attached hydrogens (tertiary/aromatic N) is 1. The fourth-order valence-electron chi connectivity index (χ4n) is 3.89. The van der Waals surface area contributed by atoms with Gasteiger partial charge in [-0.15, -0.1) is 0 Å². The largest absolute Gasteiger partial charge is 0.488 e. The number of nitrogens with one attached hydrogen (secondary N) is 1. The molecule has 2 aromatic rings. The van der Waals surface area contributed by atoms with E-state index >= 15 is 0 Å². The van der Waals surface area contributed by atoms with E-state index in [4.69, 9.17) is 17.0 Å². The first-order valence-corrected chi connectivity index (χ1v) is 10.3. The Labute approximate surface area is 175 Å². The Morgan fingerprint density at radius 1 is 1.14 bits per heavy atom. The molecule has 0 radical (unpaired) electrons. The smallest absolute Gasteiger partial charge is 0.276 e. The Morgan fingerprint density at radius 2 is 1.93 bits per heavy atom. The van der Waals surface area contributed by atoms with Crippen LogP contribution in [-0.2, 0) is 11.4 Å². The number of amides is 1. The molecular weight excluding hydrogens is 387 g/mol. The number of rotatable bonds is 5. The van der Waals surface area contributed by atoms with E-state index in [2.05, 4.69) is 5.32 Å². The molecule has 0 bridgehead atoms. The molecule has 150 valence electrons. The monoisotopic (exact) mass is 410 g/mol. The summed E-state index contributed by atoms with van der Waals surface area (Å²) in [6.45, 7) is 0.242. The number of para-hydroxylation sites is 1. The highest BCUT2D eigenvalue weighted by molar-refractivity contribution is 7.80. The minimum atomic E-state index is -0.293. The second-order valence-corrected chi connectivity index (χ2v) is 7.80. The average molecular weight is 411 g/mol. The van der Waals surface area contributed by atoms with E-state index in [0.717, 1.165) is 36.8 Å². The third-order valence-corrected chi connectivity index (χ3v) is 5.65. The number of halogens is 1. The van der Waals surface area contributed by atoms with Gasteiger partial charge in [0.15, 0.2) is 5.11 Å². The summed E-state index contributed by atoms with van der Waals surface area (Å²) in [5, 5.41) is 3.55. The lowest BCUT2D eigenvalue weighted by Gasteiger charge is -2.29. The van der Waals surface area contributed by atoms with Gasteiger partial charge in [-0.2, -0.15) is 0 Å². The first kappa shape index (κ1) is 19.6. The average Bonchev–Trinajstić information content (AvgIpc) is 3.01. The number of thiocarbonyl (C=S) groups is 1. The summed E-state index contributed by atoms with van der Waals surface area (Å²) < 4.78 is 19.3. The van der Waals surface area contributed by atoms with E-state index in [1.807, 2.05) is 30.3 Å². The molecule has 1 saturated heterocycles. The van der Waals surface area contributed by atoms with E-state index in [1.54, 1.807) is 17.0 Å². The van der Waals surface area contributed by atoms with Crippen molar-refractivity contribution in [1.29, 1.82) is 0 Å². The summed E-state index contributed by atoms with van der Waals surface area (Å²) in [5.41, 5.74) is 1.97. The molecule has 0 unspecified atom stereocenters. The lowest BCUT2D eigenvalue weighted by molar-refractivity contribution is -0.124. The molecular formula is C23H23FN2O2S. The molecule has 6 heteroatoms. The van der Waals surface area contributed by atoms with Crippen LogP contribution in [-0.4, -0.2) is 22.0 Å². The maximum absolute atomic E-state index is 13.4. The van der Waals surface area contributed by atoms with Crippen LogP contribution in [0, 0.1) is 5.82 Å². The molecule has 1 aliphatic carbocycles. The van der Waals surface area contributed by atoms with Gasteiger partial charge in [0.25, 0.3) is 5.91 Å². The molecule has 4 nitrogen and oxygen atoms in total. The summed E-state index contributed by atoms with van der Waals surface area (Å²) in [6, 6.07) is 14.0. The van der Waals surface area contributed by atoms with Gasteiger partial charge in [-0.25, -0.2) is 4.39 Å². The molecule has 2 aliphatic rings. The van der Waals surface area contributed by atoms with Crippen LogP contribution < -0.4 is 10.1 Å². The fraction of sp³-hybridized carbons (Fsp3) is 0.304. The summed E-state index contributed by atoms with van der Waals surface area (Å²) >= 11 is 5.44. The van der Waals surface area contributed by atoms with E-state index in [9.17, 15) is 9.18 Å². The highest BCUT2D eigenvalue weighted by atomic mass is 32.1. The maximum atomic E-state index is 13.4. The van der Waals surface area contributed by atoms with Crippen molar-refractivity contribution in [3.63, 3.8) is 0 Å². The quantitative estimate of drug-likeness (QED) is 0.568. The zero-order valence-electron chi connectivity index (χ0n) is 16.1. The fourth-order valence-corrected chi connectivity index (χ4v) is 4.24. The minimum absolute atomic E-state index is 0.0816. The van der Waals surface area contributed by atoms with Gasteiger partial charge in [-0.05, 0) is 54.9 Å². The molecule has 4 rings (SSSR count). The molecule has 1 amide bonds. The van der Waals surface area contributed by atoms with Gasteiger partial charge in [-0.3, -0.25) is 9.69 Å². The summed E-state index contributed by atoms with van der Waals surface area (Å²) in [4.78, 5) is 14.7.